The van der Waals surface area contributed by atoms with Crippen LogP contribution in [-0.4, -0.2) is 28.9 Å². The highest BCUT2D eigenvalue weighted by Gasteiger charge is 2.23. The van der Waals surface area contributed by atoms with Gasteiger partial charge in [0.2, 0.25) is 0 Å². The molecule has 2 aromatic carbocycles. The fraction of sp³-hybridized carbons (Fsp3) is 0.263. The first-order valence-electron chi connectivity index (χ1n) is 8.25. The highest BCUT2D eigenvalue weighted by molar-refractivity contribution is 5.90. The Kier molecular flexibility index (Phi) is 3.97. The molecule has 1 aromatic heterocycles. The smallest absolute Gasteiger partial charge is 0.165 e. The van der Waals surface area contributed by atoms with Gasteiger partial charge in [-0.05, 0) is 42.8 Å². The molecule has 25 heavy (non-hydrogen) atoms. The molecule has 0 spiro atoms. The van der Waals surface area contributed by atoms with Gasteiger partial charge in [0, 0.05) is 11.6 Å². The number of phenols is 1. The summed E-state index contributed by atoms with van der Waals surface area (Å²) < 4.78 is 27.5. The van der Waals surface area contributed by atoms with Crippen molar-refractivity contribution in [2.45, 2.75) is 19.1 Å². The summed E-state index contributed by atoms with van der Waals surface area (Å²) in [6, 6.07) is 10.5. The molecule has 1 atom stereocenters. The van der Waals surface area contributed by atoms with Crippen LogP contribution in [0.15, 0.2) is 42.6 Å². The number of fused-ring (bicyclic) bond motifs is 2. The van der Waals surface area contributed by atoms with Crippen LogP contribution in [0.1, 0.15) is 5.56 Å². The first-order chi connectivity index (χ1) is 12.2. The molecule has 0 aliphatic carbocycles. The number of nitrogens with zero attached hydrogens (tertiary/aromatic N) is 1. The van der Waals surface area contributed by atoms with Crippen molar-refractivity contribution in [2.75, 3.05) is 13.2 Å². The second-order valence-electron chi connectivity index (χ2n) is 6.13. The number of aromatic nitrogens is 1. The van der Waals surface area contributed by atoms with Gasteiger partial charge in [0.1, 0.15) is 6.61 Å². The minimum Gasteiger partial charge on any atom is -0.504 e. The van der Waals surface area contributed by atoms with E-state index in [0.717, 1.165) is 16.8 Å². The van der Waals surface area contributed by atoms with E-state index in [0.29, 0.717) is 37.3 Å². The molecule has 2 heterocycles. The largest absolute Gasteiger partial charge is 0.504 e. The molecule has 5 nitrogen and oxygen atoms in total. The van der Waals surface area contributed by atoms with Crippen molar-refractivity contribution in [1.82, 2.24) is 4.57 Å². The standard InChI is InChI=1S/C19H19FN2O3/c20-14-5-6-15-18(19(14)23)12(7-8-21)9-22(15)10-13-11-24-16-3-1-2-4-17(16)25-13/h1-6,9,13,23H,7-8,10-11,21H2. The van der Waals surface area contributed by atoms with Crippen LogP contribution in [0.3, 0.4) is 0 Å². The molecular weight excluding hydrogens is 323 g/mol. The highest BCUT2D eigenvalue weighted by atomic mass is 19.1. The van der Waals surface area contributed by atoms with Gasteiger partial charge in [-0.25, -0.2) is 4.39 Å². The second-order valence-corrected chi connectivity index (χ2v) is 6.13. The van der Waals surface area contributed by atoms with Gasteiger partial charge in [-0.2, -0.15) is 0 Å². The number of para-hydroxylation sites is 2. The van der Waals surface area contributed by atoms with Gasteiger partial charge in [-0.3, -0.25) is 0 Å². The van der Waals surface area contributed by atoms with Crippen molar-refractivity contribution < 1.29 is 19.0 Å². The number of nitrogens with two attached hydrogens (primary N) is 1. The molecule has 1 aliphatic heterocycles. The van der Waals surface area contributed by atoms with Crippen LogP contribution < -0.4 is 15.2 Å². The van der Waals surface area contributed by atoms with Gasteiger partial charge in [0.15, 0.2) is 29.2 Å². The summed E-state index contributed by atoms with van der Waals surface area (Å²) in [7, 11) is 0. The minimum absolute atomic E-state index is 0.177. The Hall–Kier alpha value is -2.73. The maximum Gasteiger partial charge on any atom is 0.165 e. The third-order valence-electron chi connectivity index (χ3n) is 4.43. The van der Waals surface area contributed by atoms with Crippen molar-refractivity contribution in [2.24, 2.45) is 5.73 Å². The molecule has 130 valence electrons. The quantitative estimate of drug-likeness (QED) is 0.765. The van der Waals surface area contributed by atoms with Crippen molar-refractivity contribution in [3.05, 3.63) is 54.0 Å². The van der Waals surface area contributed by atoms with E-state index in [1.807, 2.05) is 35.0 Å². The molecule has 0 saturated heterocycles. The van der Waals surface area contributed by atoms with E-state index in [1.165, 1.54) is 6.07 Å². The summed E-state index contributed by atoms with van der Waals surface area (Å²) in [5, 5.41) is 10.6. The molecule has 1 aliphatic rings. The number of rotatable bonds is 4. The Labute approximate surface area is 144 Å². The molecular formula is C19H19FN2O3. The molecule has 6 heteroatoms. The van der Waals surface area contributed by atoms with Crippen LogP contribution >= 0.6 is 0 Å². The van der Waals surface area contributed by atoms with Crippen LogP contribution in [0.2, 0.25) is 0 Å². The third-order valence-corrected chi connectivity index (χ3v) is 4.43. The van der Waals surface area contributed by atoms with Gasteiger partial charge in [-0.15, -0.1) is 0 Å². The van der Waals surface area contributed by atoms with Crippen LogP contribution in [-0.2, 0) is 13.0 Å². The Balaban J connectivity index is 1.67. The van der Waals surface area contributed by atoms with Crippen molar-refractivity contribution in [1.29, 1.82) is 0 Å². The number of hydrogen-bond donors (Lipinski definition) is 2. The lowest BCUT2D eigenvalue weighted by molar-refractivity contribution is 0.0794. The molecule has 3 N–H and O–H groups in total. The monoisotopic (exact) mass is 342 g/mol. The fourth-order valence-corrected chi connectivity index (χ4v) is 3.30. The Morgan fingerprint density at radius 2 is 2.00 bits per heavy atom. The predicted octanol–water partition coefficient (Wildman–Crippen LogP) is 2.83. The van der Waals surface area contributed by atoms with E-state index < -0.39 is 5.82 Å². The van der Waals surface area contributed by atoms with Crippen molar-refractivity contribution in [3.63, 3.8) is 0 Å². The van der Waals surface area contributed by atoms with E-state index in [-0.39, 0.29) is 11.9 Å². The van der Waals surface area contributed by atoms with E-state index in [9.17, 15) is 9.50 Å². The maximum atomic E-state index is 13.8. The Morgan fingerprint density at radius 3 is 2.80 bits per heavy atom. The first kappa shape index (κ1) is 15.8. The molecule has 3 aromatic rings. The van der Waals surface area contributed by atoms with Crippen LogP contribution in [0.5, 0.6) is 17.2 Å². The predicted molar refractivity (Wildman–Crippen MR) is 92.7 cm³/mol. The highest BCUT2D eigenvalue weighted by Crippen LogP contribution is 2.34. The SMILES string of the molecule is NCCc1cn(CC2COc3ccccc3O2)c2ccc(F)c(O)c12. The molecule has 0 fully saturated rings. The lowest BCUT2D eigenvalue weighted by Gasteiger charge is -2.27. The zero-order chi connectivity index (χ0) is 17.4. The number of hydrogen-bond acceptors (Lipinski definition) is 4. The summed E-state index contributed by atoms with van der Waals surface area (Å²) in [4.78, 5) is 0. The average molecular weight is 342 g/mol. The lowest BCUT2D eigenvalue weighted by atomic mass is 10.1. The van der Waals surface area contributed by atoms with E-state index >= 15 is 0 Å². The van der Waals surface area contributed by atoms with Gasteiger partial charge in [-0.1, -0.05) is 12.1 Å². The number of phenolic OH excluding ortho intramolecular Hbond substituents is 1. The summed E-state index contributed by atoms with van der Waals surface area (Å²) in [6.07, 6.45) is 2.29. The zero-order valence-corrected chi connectivity index (χ0v) is 13.6. The topological polar surface area (TPSA) is 69.6 Å². The molecule has 0 radical (unpaired) electrons. The second kappa shape index (κ2) is 6.29. The van der Waals surface area contributed by atoms with Gasteiger partial charge in [0.25, 0.3) is 0 Å². The molecule has 0 bridgehead atoms. The van der Waals surface area contributed by atoms with Gasteiger partial charge < -0.3 is 24.9 Å². The number of aromatic hydroxyl groups is 1. The maximum absolute atomic E-state index is 13.8. The summed E-state index contributed by atoms with van der Waals surface area (Å²) in [5.74, 6) is 0.492. The molecule has 4 rings (SSSR count). The number of benzene rings is 2. The number of ether oxygens (including phenoxy) is 2. The van der Waals surface area contributed by atoms with Crippen LogP contribution in [0.4, 0.5) is 4.39 Å². The van der Waals surface area contributed by atoms with Crippen molar-refractivity contribution in [3.8, 4) is 17.2 Å². The average Bonchev–Trinajstić information content (AvgIpc) is 2.96. The molecule has 1 unspecified atom stereocenters. The summed E-state index contributed by atoms with van der Waals surface area (Å²) >= 11 is 0. The Bertz CT molecular complexity index is 922. The molecule has 0 amide bonds. The first-order valence-corrected chi connectivity index (χ1v) is 8.25. The van der Waals surface area contributed by atoms with Gasteiger partial charge in [0.05, 0.1) is 12.1 Å². The van der Waals surface area contributed by atoms with Crippen molar-refractivity contribution >= 4 is 10.9 Å². The summed E-state index contributed by atoms with van der Waals surface area (Å²) in [5.41, 5.74) is 7.24. The van der Waals surface area contributed by atoms with E-state index in [4.69, 9.17) is 15.2 Å². The zero-order valence-electron chi connectivity index (χ0n) is 13.6. The normalized spacial score (nSPS) is 16.3. The summed E-state index contributed by atoms with van der Waals surface area (Å²) in [6.45, 7) is 1.38. The molecule has 0 saturated carbocycles. The Morgan fingerprint density at radius 1 is 1.20 bits per heavy atom. The van der Waals surface area contributed by atoms with Gasteiger partial charge >= 0.3 is 0 Å². The van der Waals surface area contributed by atoms with Crippen LogP contribution in [0.25, 0.3) is 10.9 Å². The van der Waals surface area contributed by atoms with E-state index in [2.05, 4.69) is 0 Å². The van der Waals surface area contributed by atoms with E-state index in [1.54, 1.807) is 6.07 Å². The minimum atomic E-state index is -0.630. The van der Waals surface area contributed by atoms with Crippen LogP contribution in [0, 0.1) is 5.82 Å². The number of halogens is 1. The fourth-order valence-electron chi connectivity index (χ4n) is 3.30. The third kappa shape index (κ3) is 2.78. The lowest BCUT2D eigenvalue weighted by Crippen LogP contribution is -2.32.